The van der Waals surface area contributed by atoms with Crippen molar-refractivity contribution in [1.82, 2.24) is 4.90 Å². The zero-order valence-electron chi connectivity index (χ0n) is 26.7. The van der Waals surface area contributed by atoms with E-state index in [0.717, 1.165) is 25.7 Å². The fourth-order valence-corrected chi connectivity index (χ4v) is 5.80. The van der Waals surface area contributed by atoms with E-state index in [-0.39, 0.29) is 25.0 Å². The van der Waals surface area contributed by atoms with Crippen molar-refractivity contribution in [3.05, 3.63) is 35.4 Å². The van der Waals surface area contributed by atoms with Crippen LogP contribution in [0.4, 0.5) is 0 Å². The molecule has 240 valence electrons. The van der Waals surface area contributed by atoms with E-state index in [1.54, 1.807) is 0 Å². The first-order valence-electron chi connectivity index (χ1n) is 16.4. The van der Waals surface area contributed by atoms with Crippen molar-refractivity contribution in [2.45, 2.75) is 116 Å². The number of hydrogen-bond donors (Lipinski definition) is 1. The van der Waals surface area contributed by atoms with Gasteiger partial charge in [-0.25, -0.2) is 4.57 Å². The van der Waals surface area contributed by atoms with Gasteiger partial charge in [-0.1, -0.05) is 102 Å². The topological polar surface area (TPSA) is 93.1 Å². The van der Waals surface area contributed by atoms with E-state index >= 15 is 0 Å². The SMILES string of the molecule is C[N+](C)(C)CCOP(=O)(O)OCCCCCCCCCCCCCCCCCCc1ccc(C(=O)N2CCC2=O)cc1. The molecule has 2 rings (SSSR count). The molecule has 1 aromatic carbocycles. The highest BCUT2D eigenvalue weighted by Crippen LogP contribution is 2.43. The molecule has 0 radical (unpaired) electrons. The first kappa shape index (κ1) is 36.6. The second-order valence-electron chi connectivity index (χ2n) is 12.9. The van der Waals surface area contributed by atoms with Gasteiger partial charge in [0.1, 0.15) is 13.2 Å². The molecule has 1 fully saturated rings. The number of nitrogens with zero attached hydrogens (tertiary/aromatic N) is 2. The molecule has 1 N–H and O–H groups in total. The van der Waals surface area contributed by atoms with E-state index < -0.39 is 7.82 Å². The average molecular weight is 610 g/mol. The summed E-state index contributed by atoms with van der Waals surface area (Å²) in [7, 11) is 2.12. The number of unbranched alkanes of at least 4 members (excludes halogenated alkanes) is 15. The number of carbonyl (C=O) groups is 2. The zero-order valence-corrected chi connectivity index (χ0v) is 27.6. The number of imide groups is 1. The maximum absolute atomic E-state index is 12.2. The van der Waals surface area contributed by atoms with Gasteiger partial charge in [0.15, 0.2) is 0 Å². The van der Waals surface area contributed by atoms with Crippen LogP contribution in [-0.2, 0) is 24.8 Å². The maximum Gasteiger partial charge on any atom is 0.472 e. The number of phosphoric ester groups is 1. The van der Waals surface area contributed by atoms with Gasteiger partial charge in [-0.3, -0.25) is 23.5 Å². The summed E-state index contributed by atoms with van der Waals surface area (Å²) in [6.45, 7) is 1.70. The number of hydrogen-bond acceptors (Lipinski definition) is 5. The monoisotopic (exact) mass is 609 g/mol. The molecular weight excluding hydrogens is 551 g/mol. The average Bonchev–Trinajstić information content (AvgIpc) is 2.92. The van der Waals surface area contributed by atoms with E-state index in [0.29, 0.717) is 29.6 Å². The van der Waals surface area contributed by atoms with Crippen LogP contribution in [0.1, 0.15) is 125 Å². The predicted octanol–water partition coefficient (Wildman–Crippen LogP) is 7.68. The summed E-state index contributed by atoms with van der Waals surface area (Å²) in [4.78, 5) is 34.7. The van der Waals surface area contributed by atoms with Crippen LogP contribution in [0.5, 0.6) is 0 Å². The molecule has 1 unspecified atom stereocenters. The van der Waals surface area contributed by atoms with Crippen molar-refractivity contribution in [1.29, 1.82) is 0 Å². The largest absolute Gasteiger partial charge is 0.472 e. The Hall–Kier alpha value is -1.57. The van der Waals surface area contributed by atoms with Crippen LogP contribution in [0.2, 0.25) is 0 Å². The van der Waals surface area contributed by atoms with Crippen LogP contribution in [0.15, 0.2) is 24.3 Å². The standard InChI is InChI=1S/C33H57N2O6P/c1-35(2,3)27-29-41-42(38,39)40-28-19-17-15-13-11-9-7-5-4-6-8-10-12-14-16-18-20-30-21-23-31(24-22-30)33(37)34-26-25-32(34)36/h21-24H,4-20,25-29H2,1-3H3/p+1. The number of amides is 2. The third-order valence-electron chi connectivity index (χ3n) is 7.93. The number of rotatable bonds is 25. The van der Waals surface area contributed by atoms with Crippen LogP contribution in [-0.4, -0.2) is 73.5 Å². The lowest BCUT2D eigenvalue weighted by Gasteiger charge is -2.28. The molecule has 0 aliphatic carbocycles. The van der Waals surface area contributed by atoms with Crippen molar-refractivity contribution in [3.63, 3.8) is 0 Å². The van der Waals surface area contributed by atoms with Crippen LogP contribution in [0.3, 0.4) is 0 Å². The van der Waals surface area contributed by atoms with E-state index in [2.05, 4.69) is 0 Å². The lowest BCUT2D eigenvalue weighted by atomic mass is 10.0. The molecule has 1 aliphatic rings. The summed E-state index contributed by atoms with van der Waals surface area (Å²) in [5.74, 6) is -0.236. The number of β-lactam (4-membered cyclic amide) rings is 1. The van der Waals surface area contributed by atoms with Gasteiger partial charge in [-0.2, -0.15) is 0 Å². The fraction of sp³-hybridized carbons (Fsp3) is 0.758. The molecule has 1 atom stereocenters. The molecule has 1 aliphatic heterocycles. The molecule has 9 heteroatoms. The molecule has 1 heterocycles. The summed E-state index contributed by atoms with van der Waals surface area (Å²) in [6.07, 6.45) is 21.4. The lowest BCUT2D eigenvalue weighted by molar-refractivity contribution is -0.870. The van der Waals surface area contributed by atoms with Crippen molar-refractivity contribution in [2.75, 3.05) is 47.4 Å². The van der Waals surface area contributed by atoms with Gasteiger partial charge in [-0.15, -0.1) is 0 Å². The Morgan fingerprint density at radius 3 is 1.64 bits per heavy atom. The van der Waals surface area contributed by atoms with Gasteiger partial charge < -0.3 is 9.38 Å². The quantitative estimate of drug-likeness (QED) is 0.0402. The molecule has 0 saturated carbocycles. The summed E-state index contributed by atoms with van der Waals surface area (Å²) in [5.41, 5.74) is 1.87. The zero-order chi connectivity index (χ0) is 30.7. The number of aryl methyl sites for hydroxylation is 1. The summed E-state index contributed by atoms with van der Waals surface area (Å²) in [6, 6.07) is 7.76. The van der Waals surface area contributed by atoms with Crippen LogP contribution in [0.25, 0.3) is 0 Å². The third kappa shape index (κ3) is 16.9. The minimum absolute atomic E-state index is 0.0693. The smallest absolute Gasteiger partial charge is 0.329 e. The van der Waals surface area contributed by atoms with Gasteiger partial charge >= 0.3 is 7.82 Å². The van der Waals surface area contributed by atoms with Gasteiger partial charge in [0, 0.05) is 18.5 Å². The van der Waals surface area contributed by atoms with Crippen LogP contribution < -0.4 is 0 Å². The lowest BCUT2D eigenvalue weighted by Crippen LogP contribution is -2.47. The Labute approximate surface area is 255 Å². The van der Waals surface area contributed by atoms with Crippen molar-refractivity contribution >= 4 is 19.6 Å². The molecule has 1 aromatic rings. The fourth-order valence-electron chi connectivity index (χ4n) is 5.05. The molecule has 0 spiro atoms. The van der Waals surface area contributed by atoms with E-state index in [1.165, 1.54) is 93.9 Å². The number of benzene rings is 1. The highest BCUT2D eigenvalue weighted by atomic mass is 31.2. The summed E-state index contributed by atoms with van der Waals surface area (Å²) in [5, 5.41) is 0. The number of phosphoric acid groups is 1. The number of likely N-dealkylation sites (tertiary alicyclic amines) is 1. The Morgan fingerprint density at radius 1 is 0.762 bits per heavy atom. The summed E-state index contributed by atoms with van der Waals surface area (Å²) >= 11 is 0. The first-order chi connectivity index (χ1) is 20.1. The number of likely N-dealkylation sites (N-methyl/N-ethyl adjacent to an activating group) is 1. The van der Waals surface area contributed by atoms with Crippen molar-refractivity contribution in [3.8, 4) is 0 Å². The molecule has 1 saturated heterocycles. The molecule has 0 aromatic heterocycles. The predicted molar refractivity (Wildman–Crippen MR) is 169 cm³/mol. The molecular formula is C33H58N2O6P+. The highest BCUT2D eigenvalue weighted by Gasteiger charge is 2.30. The third-order valence-corrected chi connectivity index (χ3v) is 8.94. The number of quaternary nitrogens is 1. The van der Waals surface area contributed by atoms with E-state index in [9.17, 15) is 19.0 Å². The second-order valence-corrected chi connectivity index (χ2v) is 14.3. The first-order valence-corrected chi connectivity index (χ1v) is 17.9. The Morgan fingerprint density at radius 2 is 1.21 bits per heavy atom. The minimum atomic E-state index is -3.91. The normalized spacial score (nSPS) is 15.0. The van der Waals surface area contributed by atoms with Crippen molar-refractivity contribution in [2.24, 2.45) is 0 Å². The molecule has 2 amide bonds. The second kappa shape index (κ2) is 20.4. The van der Waals surface area contributed by atoms with Crippen LogP contribution >= 0.6 is 7.82 Å². The molecule has 0 bridgehead atoms. The van der Waals surface area contributed by atoms with Gasteiger partial charge in [0.05, 0.1) is 27.7 Å². The van der Waals surface area contributed by atoms with Crippen LogP contribution in [0, 0.1) is 0 Å². The van der Waals surface area contributed by atoms with Gasteiger partial charge in [-0.05, 0) is 37.0 Å². The Bertz CT molecular complexity index is 947. The van der Waals surface area contributed by atoms with Gasteiger partial charge in [0.25, 0.3) is 5.91 Å². The highest BCUT2D eigenvalue weighted by molar-refractivity contribution is 7.47. The Balaban J connectivity index is 1.29. The van der Waals surface area contributed by atoms with E-state index in [4.69, 9.17) is 9.05 Å². The molecule has 42 heavy (non-hydrogen) atoms. The summed E-state index contributed by atoms with van der Waals surface area (Å²) < 4.78 is 22.6. The van der Waals surface area contributed by atoms with Gasteiger partial charge in [0.2, 0.25) is 5.91 Å². The van der Waals surface area contributed by atoms with Crippen molar-refractivity contribution < 1.29 is 32.6 Å². The molecule has 8 nitrogen and oxygen atoms in total. The number of carbonyl (C=O) groups excluding carboxylic acids is 2. The van der Waals surface area contributed by atoms with E-state index in [1.807, 2.05) is 45.4 Å². The maximum atomic E-state index is 12.2. The Kier molecular flexibility index (Phi) is 17.8. The minimum Gasteiger partial charge on any atom is -0.329 e.